The molecule has 0 aromatic heterocycles. The molecule has 0 aromatic carbocycles. The van der Waals surface area contributed by atoms with Crippen LogP contribution in [-0.4, -0.2) is 24.5 Å². The van der Waals surface area contributed by atoms with Crippen molar-refractivity contribution in [2.45, 2.75) is 65.5 Å². The summed E-state index contributed by atoms with van der Waals surface area (Å²) in [5.41, 5.74) is 0. The monoisotopic (exact) mass is 240 g/mol. The molecule has 1 rings (SSSR count). The Morgan fingerprint density at radius 1 is 1.41 bits per heavy atom. The van der Waals surface area contributed by atoms with Crippen molar-refractivity contribution in [1.82, 2.24) is 10.6 Å². The van der Waals surface area contributed by atoms with Crippen LogP contribution in [0.2, 0.25) is 0 Å². The number of piperidine rings is 1. The normalized spacial score (nSPS) is 26.9. The Balaban J connectivity index is 2.28. The van der Waals surface area contributed by atoms with Gasteiger partial charge in [0.15, 0.2) is 0 Å². The number of amides is 1. The van der Waals surface area contributed by atoms with E-state index >= 15 is 0 Å². The fraction of sp³-hybridized carbons (Fsp3) is 0.929. The lowest BCUT2D eigenvalue weighted by molar-refractivity contribution is -0.122. The standard InChI is InChI=1S/C14H28N2O/c1-10(2)8-12(4)16-14(17)9-13-11(3)6-5-7-15-13/h10-13,15H,5-9H2,1-4H3,(H,16,17). The average molecular weight is 240 g/mol. The first-order valence-corrected chi connectivity index (χ1v) is 7.01. The molecule has 1 saturated heterocycles. The molecule has 0 bridgehead atoms. The van der Waals surface area contributed by atoms with Crippen molar-refractivity contribution >= 4 is 5.91 Å². The maximum absolute atomic E-state index is 11.9. The van der Waals surface area contributed by atoms with Crippen LogP contribution in [0.3, 0.4) is 0 Å². The first-order valence-electron chi connectivity index (χ1n) is 7.01. The van der Waals surface area contributed by atoms with Gasteiger partial charge in [-0.05, 0) is 44.6 Å². The Hall–Kier alpha value is -0.570. The summed E-state index contributed by atoms with van der Waals surface area (Å²) < 4.78 is 0. The maximum atomic E-state index is 11.9. The van der Waals surface area contributed by atoms with Crippen molar-refractivity contribution in [1.29, 1.82) is 0 Å². The number of carbonyl (C=O) groups excluding carboxylic acids is 1. The van der Waals surface area contributed by atoms with E-state index in [2.05, 4.69) is 38.3 Å². The first-order chi connectivity index (χ1) is 7.99. The third-order valence-corrected chi connectivity index (χ3v) is 3.57. The third kappa shape index (κ3) is 5.53. The van der Waals surface area contributed by atoms with Crippen LogP contribution in [0.15, 0.2) is 0 Å². The van der Waals surface area contributed by atoms with Crippen LogP contribution >= 0.6 is 0 Å². The molecule has 1 fully saturated rings. The van der Waals surface area contributed by atoms with Gasteiger partial charge in [-0.15, -0.1) is 0 Å². The number of hydrogen-bond donors (Lipinski definition) is 2. The van der Waals surface area contributed by atoms with Crippen LogP contribution < -0.4 is 10.6 Å². The zero-order valence-electron chi connectivity index (χ0n) is 11.8. The van der Waals surface area contributed by atoms with E-state index in [0.29, 0.717) is 30.3 Å². The molecule has 3 nitrogen and oxygen atoms in total. The zero-order valence-corrected chi connectivity index (χ0v) is 11.8. The minimum atomic E-state index is 0.199. The average Bonchev–Trinajstić information content (AvgIpc) is 2.19. The predicted octanol–water partition coefficient (Wildman–Crippen LogP) is 2.32. The number of carbonyl (C=O) groups is 1. The molecular weight excluding hydrogens is 212 g/mol. The summed E-state index contributed by atoms with van der Waals surface area (Å²) >= 11 is 0. The number of hydrogen-bond acceptors (Lipinski definition) is 2. The first kappa shape index (κ1) is 14.5. The second-order valence-corrected chi connectivity index (χ2v) is 5.98. The maximum Gasteiger partial charge on any atom is 0.221 e. The van der Waals surface area contributed by atoms with Gasteiger partial charge in [-0.1, -0.05) is 20.8 Å². The van der Waals surface area contributed by atoms with E-state index in [9.17, 15) is 4.79 Å². The van der Waals surface area contributed by atoms with Crippen LogP contribution in [0.1, 0.15) is 53.4 Å². The second-order valence-electron chi connectivity index (χ2n) is 5.98. The van der Waals surface area contributed by atoms with Gasteiger partial charge in [0.05, 0.1) is 0 Å². The Bertz CT molecular complexity index is 240. The molecule has 1 aliphatic rings. The lowest BCUT2D eigenvalue weighted by Gasteiger charge is -2.30. The van der Waals surface area contributed by atoms with Gasteiger partial charge in [0, 0.05) is 18.5 Å². The lowest BCUT2D eigenvalue weighted by atomic mass is 9.90. The Morgan fingerprint density at radius 2 is 2.12 bits per heavy atom. The Kier molecular flexibility index (Phi) is 5.96. The molecule has 3 unspecified atom stereocenters. The molecule has 17 heavy (non-hydrogen) atoms. The van der Waals surface area contributed by atoms with Crippen molar-refractivity contribution in [3.63, 3.8) is 0 Å². The molecule has 3 atom stereocenters. The Morgan fingerprint density at radius 3 is 2.71 bits per heavy atom. The minimum Gasteiger partial charge on any atom is -0.354 e. The predicted molar refractivity (Wildman–Crippen MR) is 71.9 cm³/mol. The summed E-state index contributed by atoms with van der Waals surface area (Å²) in [6, 6.07) is 0.663. The highest BCUT2D eigenvalue weighted by Crippen LogP contribution is 2.18. The van der Waals surface area contributed by atoms with Gasteiger partial charge in [0.2, 0.25) is 5.91 Å². The highest BCUT2D eigenvalue weighted by Gasteiger charge is 2.23. The summed E-state index contributed by atoms with van der Waals surface area (Å²) in [4.78, 5) is 11.9. The van der Waals surface area contributed by atoms with E-state index in [4.69, 9.17) is 0 Å². The van der Waals surface area contributed by atoms with E-state index in [1.54, 1.807) is 0 Å². The highest BCUT2D eigenvalue weighted by molar-refractivity contribution is 5.76. The molecule has 3 heteroatoms. The minimum absolute atomic E-state index is 0.199. The smallest absolute Gasteiger partial charge is 0.221 e. The molecule has 1 heterocycles. The highest BCUT2D eigenvalue weighted by atomic mass is 16.1. The van der Waals surface area contributed by atoms with Gasteiger partial charge in [-0.2, -0.15) is 0 Å². The molecule has 1 amide bonds. The largest absolute Gasteiger partial charge is 0.354 e. The molecule has 0 aromatic rings. The summed E-state index contributed by atoms with van der Waals surface area (Å²) in [7, 11) is 0. The van der Waals surface area contributed by atoms with Crippen LogP contribution in [0.5, 0.6) is 0 Å². The van der Waals surface area contributed by atoms with Crippen molar-refractivity contribution in [2.24, 2.45) is 11.8 Å². The van der Waals surface area contributed by atoms with Crippen molar-refractivity contribution in [3.8, 4) is 0 Å². The van der Waals surface area contributed by atoms with Crippen LogP contribution in [0.25, 0.3) is 0 Å². The summed E-state index contributed by atoms with van der Waals surface area (Å²) in [5.74, 6) is 1.45. The van der Waals surface area contributed by atoms with Crippen molar-refractivity contribution in [2.75, 3.05) is 6.54 Å². The van der Waals surface area contributed by atoms with Gasteiger partial charge in [-0.25, -0.2) is 0 Å². The van der Waals surface area contributed by atoms with E-state index in [-0.39, 0.29) is 5.91 Å². The zero-order chi connectivity index (χ0) is 12.8. The topological polar surface area (TPSA) is 41.1 Å². The number of rotatable bonds is 5. The molecule has 0 saturated carbocycles. The quantitative estimate of drug-likeness (QED) is 0.774. The van der Waals surface area contributed by atoms with Crippen LogP contribution in [-0.2, 0) is 4.79 Å². The summed E-state index contributed by atoms with van der Waals surface area (Å²) in [5, 5.41) is 6.55. The Labute approximate surface area is 106 Å². The fourth-order valence-corrected chi connectivity index (χ4v) is 2.69. The van der Waals surface area contributed by atoms with Crippen LogP contribution in [0.4, 0.5) is 0 Å². The molecule has 100 valence electrons. The van der Waals surface area contributed by atoms with E-state index in [1.165, 1.54) is 12.8 Å². The molecule has 0 aliphatic carbocycles. The van der Waals surface area contributed by atoms with Gasteiger partial charge in [0.1, 0.15) is 0 Å². The van der Waals surface area contributed by atoms with Crippen molar-refractivity contribution < 1.29 is 4.79 Å². The molecular formula is C14H28N2O. The fourth-order valence-electron chi connectivity index (χ4n) is 2.69. The summed E-state index contributed by atoms with van der Waals surface area (Å²) in [6.07, 6.45) is 4.17. The van der Waals surface area contributed by atoms with Crippen molar-refractivity contribution in [3.05, 3.63) is 0 Å². The van der Waals surface area contributed by atoms with Gasteiger partial charge in [0.25, 0.3) is 0 Å². The second kappa shape index (κ2) is 7.00. The van der Waals surface area contributed by atoms with Gasteiger partial charge < -0.3 is 10.6 Å². The molecule has 1 aliphatic heterocycles. The SMILES string of the molecule is CC(C)CC(C)NC(=O)CC1NCCCC1C. The van der Waals surface area contributed by atoms with Crippen LogP contribution in [0, 0.1) is 11.8 Å². The molecule has 2 N–H and O–H groups in total. The molecule has 0 radical (unpaired) electrons. The van der Waals surface area contributed by atoms with Gasteiger partial charge >= 0.3 is 0 Å². The van der Waals surface area contributed by atoms with E-state index in [1.807, 2.05) is 0 Å². The number of nitrogens with one attached hydrogen (secondary N) is 2. The third-order valence-electron chi connectivity index (χ3n) is 3.57. The lowest BCUT2D eigenvalue weighted by Crippen LogP contribution is -2.45. The summed E-state index contributed by atoms with van der Waals surface area (Å²) in [6.45, 7) is 9.77. The van der Waals surface area contributed by atoms with E-state index < -0.39 is 0 Å². The van der Waals surface area contributed by atoms with E-state index in [0.717, 1.165) is 13.0 Å². The molecule has 0 spiro atoms. The van der Waals surface area contributed by atoms with Gasteiger partial charge in [-0.3, -0.25) is 4.79 Å².